The van der Waals surface area contributed by atoms with Gasteiger partial charge in [0.05, 0.1) is 5.69 Å². The molecule has 17 heavy (non-hydrogen) atoms. The van der Waals surface area contributed by atoms with Crippen LogP contribution in [0.4, 0.5) is 0 Å². The van der Waals surface area contributed by atoms with E-state index in [2.05, 4.69) is 10.3 Å². The highest BCUT2D eigenvalue weighted by molar-refractivity contribution is 7.98. The number of nitrogens with zero attached hydrogens (tertiary/aromatic N) is 3. The Bertz CT molecular complexity index is 498. The van der Waals surface area contributed by atoms with Crippen LogP contribution in [-0.2, 0) is 17.1 Å². The summed E-state index contributed by atoms with van der Waals surface area (Å²) >= 11 is 1.64. The second-order valence-corrected chi connectivity index (χ2v) is 4.45. The molecule has 0 fully saturated rings. The Morgan fingerprint density at radius 3 is 2.82 bits per heavy atom. The van der Waals surface area contributed by atoms with Crippen molar-refractivity contribution in [3.05, 3.63) is 42.2 Å². The third-order valence-electron chi connectivity index (χ3n) is 2.01. The topological polar surface area (TPSA) is 68.0 Å². The summed E-state index contributed by atoms with van der Waals surface area (Å²) < 4.78 is 1.32. The minimum atomic E-state index is -0.919. The Morgan fingerprint density at radius 1 is 1.35 bits per heavy atom. The van der Waals surface area contributed by atoms with Crippen LogP contribution < -0.4 is 0 Å². The maximum absolute atomic E-state index is 10.5. The van der Waals surface area contributed by atoms with Crippen molar-refractivity contribution >= 4 is 17.7 Å². The summed E-state index contributed by atoms with van der Waals surface area (Å²) in [7, 11) is 0. The van der Waals surface area contributed by atoms with Crippen molar-refractivity contribution in [1.82, 2.24) is 15.0 Å². The van der Waals surface area contributed by atoms with E-state index < -0.39 is 5.97 Å². The maximum atomic E-state index is 10.5. The summed E-state index contributed by atoms with van der Waals surface area (Å²) in [4.78, 5) is 11.6. The maximum Gasteiger partial charge on any atom is 0.325 e. The second kappa shape index (κ2) is 5.49. The van der Waals surface area contributed by atoms with Gasteiger partial charge in [0.1, 0.15) is 6.54 Å². The van der Waals surface area contributed by atoms with Gasteiger partial charge in [0.2, 0.25) is 0 Å². The van der Waals surface area contributed by atoms with Crippen molar-refractivity contribution < 1.29 is 9.90 Å². The number of rotatable bonds is 5. The fraction of sp³-hybridized carbons (Fsp3) is 0.182. The van der Waals surface area contributed by atoms with Gasteiger partial charge in [-0.25, -0.2) is 4.68 Å². The van der Waals surface area contributed by atoms with E-state index >= 15 is 0 Å². The van der Waals surface area contributed by atoms with Crippen LogP contribution in [0.5, 0.6) is 0 Å². The number of aromatic nitrogens is 3. The molecule has 1 heterocycles. The first-order valence-corrected chi connectivity index (χ1v) is 6.01. The van der Waals surface area contributed by atoms with Gasteiger partial charge in [-0.1, -0.05) is 23.4 Å². The number of carboxylic acid groups (broad SMARTS) is 1. The number of carboxylic acids is 1. The second-order valence-electron chi connectivity index (χ2n) is 3.40. The SMILES string of the molecule is O=C(O)Cn1cc(CSc2ccccc2)nn1. The Balaban J connectivity index is 1.91. The lowest BCUT2D eigenvalue weighted by atomic mass is 10.4. The summed E-state index contributed by atoms with van der Waals surface area (Å²) in [5.74, 6) is -0.235. The molecule has 2 aromatic rings. The van der Waals surface area contributed by atoms with Crippen LogP contribution in [0.2, 0.25) is 0 Å². The van der Waals surface area contributed by atoms with Gasteiger partial charge in [-0.3, -0.25) is 4.79 Å². The molecule has 1 N–H and O–H groups in total. The van der Waals surface area contributed by atoms with E-state index in [0.717, 1.165) is 10.6 Å². The zero-order chi connectivity index (χ0) is 12.1. The van der Waals surface area contributed by atoms with Crippen LogP contribution in [0, 0.1) is 0 Å². The first kappa shape index (κ1) is 11.7. The van der Waals surface area contributed by atoms with Crippen LogP contribution >= 0.6 is 11.8 Å². The number of aliphatic carboxylic acids is 1. The lowest BCUT2D eigenvalue weighted by Gasteiger charge is -1.97. The lowest BCUT2D eigenvalue weighted by Crippen LogP contribution is -2.08. The standard InChI is InChI=1S/C11H11N3O2S/c15-11(16)7-14-6-9(12-13-14)8-17-10-4-2-1-3-5-10/h1-6H,7-8H2,(H,15,16). The molecule has 6 heteroatoms. The van der Waals surface area contributed by atoms with E-state index in [0.29, 0.717) is 5.75 Å². The Hall–Kier alpha value is -1.82. The highest BCUT2D eigenvalue weighted by Gasteiger charge is 2.04. The van der Waals surface area contributed by atoms with E-state index in [1.807, 2.05) is 30.3 Å². The molecule has 0 amide bonds. The van der Waals surface area contributed by atoms with E-state index in [1.165, 1.54) is 4.68 Å². The normalized spacial score (nSPS) is 10.4. The molecule has 0 saturated heterocycles. The minimum absolute atomic E-state index is 0.150. The molecule has 0 aliphatic carbocycles. The third-order valence-corrected chi connectivity index (χ3v) is 3.06. The Morgan fingerprint density at radius 2 is 2.12 bits per heavy atom. The number of hydrogen-bond acceptors (Lipinski definition) is 4. The fourth-order valence-electron chi connectivity index (χ4n) is 1.29. The highest BCUT2D eigenvalue weighted by atomic mass is 32.2. The molecule has 2 rings (SSSR count). The largest absolute Gasteiger partial charge is 0.480 e. The van der Waals surface area contributed by atoms with Gasteiger partial charge >= 0.3 is 5.97 Å². The fourth-order valence-corrected chi connectivity index (χ4v) is 2.09. The van der Waals surface area contributed by atoms with Gasteiger partial charge in [-0.15, -0.1) is 16.9 Å². The summed E-state index contributed by atoms with van der Waals surface area (Å²) in [6.07, 6.45) is 1.66. The molecule has 0 unspecified atom stereocenters. The molecule has 0 spiro atoms. The molecular formula is C11H11N3O2S. The minimum Gasteiger partial charge on any atom is -0.480 e. The zero-order valence-corrected chi connectivity index (χ0v) is 9.80. The summed E-state index contributed by atoms with van der Waals surface area (Å²) in [5, 5.41) is 16.2. The summed E-state index contributed by atoms with van der Waals surface area (Å²) in [6.45, 7) is -0.150. The quantitative estimate of drug-likeness (QED) is 0.816. The lowest BCUT2D eigenvalue weighted by molar-refractivity contribution is -0.137. The van der Waals surface area contributed by atoms with E-state index in [-0.39, 0.29) is 6.54 Å². The molecule has 1 aromatic carbocycles. The van der Waals surface area contributed by atoms with Crippen LogP contribution in [0.15, 0.2) is 41.4 Å². The first-order chi connectivity index (χ1) is 8.24. The molecule has 5 nitrogen and oxygen atoms in total. The highest BCUT2D eigenvalue weighted by Crippen LogP contribution is 2.20. The van der Waals surface area contributed by atoms with Crippen molar-refractivity contribution in [2.75, 3.05) is 0 Å². The average molecular weight is 249 g/mol. The van der Waals surface area contributed by atoms with Gasteiger partial charge in [0, 0.05) is 16.8 Å². The van der Waals surface area contributed by atoms with Crippen molar-refractivity contribution in [1.29, 1.82) is 0 Å². The number of thioether (sulfide) groups is 1. The van der Waals surface area contributed by atoms with Crippen LogP contribution in [0.25, 0.3) is 0 Å². The molecule has 0 atom stereocenters. The zero-order valence-electron chi connectivity index (χ0n) is 8.98. The van der Waals surface area contributed by atoms with E-state index in [4.69, 9.17) is 5.11 Å². The molecule has 0 saturated carbocycles. The molecule has 0 aliphatic rings. The van der Waals surface area contributed by atoms with Gasteiger partial charge < -0.3 is 5.11 Å². The monoisotopic (exact) mass is 249 g/mol. The van der Waals surface area contributed by atoms with Gasteiger partial charge in [0.15, 0.2) is 0 Å². The number of hydrogen-bond donors (Lipinski definition) is 1. The van der Waals surface area contributed by atoms with Gasteiger partial charge in [-0.2, -0.15) is 0 Å². The van der Waals surface area contributed by atoms with Crippen LogP contribution in [-0.4, -0.2) is 26.1 Å². The van der Waals surface area contributed by atoms with Crippen molar-refractivity contribution in [2.24, 2.45) is 0 Å². The third kappa shape index (κ3) is 3.60. The van der Waals surface area contributed by atoms with Crippen LogP contribution in [0.1, 0.15) is 5.69 Å². The molecular weight excluding hydrogens is 238 g/mol. The Kier molecular flexibility index (Phi) is 3.77. The smallest absolute Gasteiger partial charge is 0.325 e. The van der Waals surface area contributed by atoms with E-state index in [1.54, 1.807) is 18.0 Å². The summed E-state index contributed by atoms with van der Waals surface area (Å²) in [5.41, 5.74) is 0.778. The predicted molar refractivity (Wildman–Crippen MR) is 63.7 cm³/mol. The first-order valence-electron chi connectivity index (χ1n) is 5.03. The predicted octanol–water partition coefficient (Wildman–Crippen LogP) is 1.66. The number of benzene rings is 1. The van der Waals surface area contributed by atoms with Crippen molar-refractivity contribution in [3.63, 3.8) is 0 Å². The Labute approximate surface area is 102 Å². The molecule has 0 aliphatic heterocycles. The van der Waals surface area contributed by atoms with E-state index in [9.17, 15) is 4.79 Å². The van der Waals surface area contributed by atoms with Crippen molar-refractivity contribution in [3.8, 4) is 0 Å². The molecule has 0 radical (unpaired) electrons. The number of carbonyl (C=O) groups is 1. The van der Waals surface area contributed by atoms with Crippen molar-refractivity contribution in [2.45, 2.75) is 17.2 Å². The molecule has 88 valence electrons. The molecule has 1 aromatic heterocycles. The molecule has 0 bridgehead atoms. The van der Waals surface area contributed by atoms with Gasteiger partial charge in [0.25, 0.3) is 0 Å². The average Bonchev–Trinajstić information content (AvgIpc) is 2.75. The van der Waals surface area contributed by atoms with Crippen LogP contribution in [0.3, 0.4) is 0 Å². The summed E-state index contributed by atoms with van der Waals surface area (Å²) in [6, 6.07) is 9.96. The van der Waals surface area contributed by atoms with Gasteiger partial charge in [-0.05, 0) is 12.1 Å².